The van der Waals surface area contributed by atoms with Gasteiger partial charge >= 0.3 is 6.03 Å². The van der Waals surface area contributed by atoms with Gasteiger partial charge in [-0.25, -0.2) is 14.3 Å². The molecule has 1 unspecified atom stereocenters. The molecule has 1 aliphatic rings. The van der Waals surface area contributed by atoms with Crippen LogP contribution in [0.25, 0.3) is 5.65 Å². The molecule has 27 heavy (non-hydrogen) atoms. The number of hydrogen-bond acceptors (Lipinski definition) is 3. The SMILES string of the molecule is CC1(Cc2ccc(Cl)c(Cl)c2)CCCN1C(=O)Nc1cnn2cccnc12. The number of carbonyl (C=O) groups excluding carboxylic acids is 1. The second-order valence-corrected chi connectivity index (χ2v) is 7.87. The molecule has 1 aliphatic heterocycles. The third kappa shape index (κ3) is 3.47. The highest BCUT2D eigenvalue weighted by molar-refractivity contribution is 6.42. The summed E-state index contributed by atoms with van der Waals surface area (Å²) in [5.74, 6) is 0. The average Bonchev–Trinajstić information content (AvgIpc) is 3.22. The van der Waals surface area contributed by atoms with Crippen LogP contribution < -0.4 is 5.32 Å². The highest BCUT2D eigenvalue weighted by Crippen LogP contribution is 2.34. The Balaban J connectivity index is 1.54. The van der Waals surface area contributed by atoms with Gasteiger partial charge in [-0.3, -0.25) is 0 Å². The van der Waals surface area contributed by atoms with Crippen LogP contribution in [-0.4, -0.2) is 37.6 Å². The molecule has 4 rings (SSSR count). The van der Waals surface area contributed by atoms with Crippen LogP contribution >= 0.6 is 23.2 Å². The van der Waals surface area contributed by atoms with Gasteiger partial charge in [0.15, 0.2) is 5.65 Å². The number of likely N-dealkylation sites (tertiary alicyclic amines) is 1. The van der Waals surface area contributed by atoms with Crippen LogP contribution in [0.4, 0.5) is 10.5 Å². The van der Waals surface area contributed by atoms with Crippen molar-refractivity contribution < 1.29 is 4.79 Å². The summed E-state index contributed by atoms with van der Waals surface area (Å²) >= 11 is 12.2. The Morgan fingerprint density at radius 1 is 1.33 bits per heavy atom. The summed E-state index contributed by atoms with van der Waals surface area (Å²) in [4.78, 5) is 19.2. The van der Waals surface area contributed by atoms with E-state index in [9.17, 15) is 4.79 Å². The Kier molecular flexibility index (Phi) is 4.70. The number of halogens is 2. The average molecular weight is 404 g/mol. The zero-order chi connectivity index (χ0) is 19.0. The van der Waals surface area contributed by atoms with Crippen LogP contribution in [0.15, 0.2) is 42.9 Å². The number of anilines is 1. The summed E-state index contributed by atoms with van der Waals surface area (Å²) in [5.41, 5.74) is 1.99. The Labute approximate surface area is 167 Å². The minimum Gasteiger partial charge on any atom is -0.319 e. The molecule has 0 radical (unpaired) electrons. The van der Waals surface area contributed by atoms with Crippen LogP contribution in [-0.2, 0) is 6.42 Å². The summed E-state index contributed by atoms with van der Waals surface area (Å²) in [6.45, 7) is 2.81. The first-order valence-electron chi connectivity index (χ1n) is 8.77. The first kappa shape index (κ1) is 18.1. The first-order valence-corrected chi connectivity index (χ1v) is 9.53. The fraction of sp³-hybridized carbons (Fsp3) is 0.316. The zero-order valence-corrected chi connectivity index (χ0v) is 16.3. The van der Waals surface area contributed by atoms with Crippen molar-refractivity contribution in [3.8, 4) is 0 Å². The lowest BCUT2D eigenvalue weighted by Crippen LogP contribution is -2.48. The Morgan fingerprint density at radius 3 is 3.00 bits per heavy atom. The topological polar surface area (TPSA) is 62.5 Å². The van der Waals surface area contributed by atoms with Gasteiger partial charge in [0.1, 0.15) is 5.69 Å². The molecule has 3 aromatic rings. The van der Waals surface area contributed by atoms with E-state index in [0.717, 1.165) is 18.4 Å². The van der Waals surface area contributed by atoms with Crippen molar-refractivity contribution in [3.63, 3.8) is 0 Å². The van der Waals surface area contributed by atoms with Crippen molar-refractivity contribution in [1.29, 1.82) is 0 Å². The van der Waals surface area contributed by atoms with Gasteiger partial charge in [-0.05, 0) is 49.9 Å². The molecule has 1 saturated heterocycles. The van der Waals surface area contributed by atoms with E-state index < -0.39 is 0 Å². The van der Waals surface area contributed by atoms with Crippen LogP contribution in [0.5, 0.6) is 0 Å². The molecule has 1 atom stereocenters. The molecular formula is C19H19Cl2N5O. The van der Waals surface area contributed by atoms with Crippen molar-refractivity contribution in [3.05, 3.63) is 58.5 Å². The number of benzene rings is 1. The predicted octanol–water partition coefficient (Wildman–Crippen LogP) is 4.67. The summed E-state index contributed by atoms with van der Waals surface area (Å²) in [6.07, 6.45) is 7.68. The number of urea groups is 1. The Bertz CT molecular complexity index is 1000. The van der Waals surface area contributed by atoms with Crippen molar-refractivity contribution in [2.45, 2.75) is 31.7 Å². The van der Waals surface area contributed by atoms with E-state index in [1.165, 1.54) is 0 Å². The van der Waals surface area contributed by atoms with Crippen LogP contribution in [0, 0.1) is 0 Å². The van der Waals surface area contributed by atoms with E-state index in [0.29, 0.717) is 34.3 Å². The Morgan fingerprint density at radius 2 is 2.19 bits per heavy atom. The smallest absolute Gasteiger partial charge is 0.319 e. The summed E-state index contributed by atoms with van der Waals surface area (Å²) in [6, 6.07) is 7.28. The molecule has 0 saturated carbocycles. The number of hydrogen-bond donors (Lipinski definition) is 1. The Hall–Kier alpha value is -2.31. The minimum atomic E-state index is -0.294. The maximum absolute atomic E-state index is 13.0. The number of rotatable bonds is 3. The third-order valence-electron chi connectivity index (χ3n) is 5.08. The first-order chi connectivity index (χ1) is 13.0. The molecule has 0 spiro atoms. The van der Waals surface area contributed by atoms with Gasteiger partial charge in [0.05, 0.1) is 16.2 Å². The van der Waals surface area contributed by atoms with E-state index in [1.807, 2.05) is 17.0 Å². The van der Waals surface area contributed by atoms with Gasteiger partial charge < -0.3 is 10.2 Å². The summed E-state index contributed by atoms with van der Waals surface area (Å²) in [5, 5.41) is 8.24. The minimum absolute atomic E-state index is 0.143. The maximum atomic E-state index is 13.0. The number of aromatic nitrogens is 3. The summed E-state index contributed by atoms with van der Waals surface area (Å²) in [7, 11) is 0. The van der Waals surface area contributed by atoms with E-state index in [2.05, 4.69) is 22.3 Å². The van der Waals surface area contributed by atoms with Gasteiger partial charge in [-0.15, -0.1) is 0 Å². The second-order valence-electron chi connectivity index (χ2n) is 7.05. The molecule has 2 aromatic heterocycles. The molecule has 1 aromatic carbocycles. The van der Waals surface area contributed by atoms with Gasteiger partial charge in [0.25, 0.3) is 0 Å². The molecular weight excluding hydrogens is 385 g/mol. The molecule has 6 nitrogen and oxygen atoms in total. The molecule has 0 aliphatic carbocycles. The van der Waals surface area contributed by atoms with Crippen molar-refractivity contribution in [1.82, 2.24) is 19.5 Å². The van der Waals surface area contributed by atoms with E-state index in [4.69, 9.17) is 23.2 Å². The third-order valence-corrected chi connectivity index (χ3v) is 5.82. The summed E-state index contributed by atoms with van der Waals surface area (Å²) < 4.78 is 1.63. The fourth-order valence-corrected chi connectivity index (χ4v) is 4.06. The van der Waals surface area contributed by atoms with Crippen LogP contribution in [0.2, 0.25) is 10.0 Å². The highest BCUT2D eigenvalue weighted by Gasteiger charge is 2.40. The monoisotopic (exact) mass is 403 g/mol. The van der Waals surface area contributed by atoms with Crippen molar-refractivity contribution in [2.75, 3.05) is 11.9 Å². The number of nitrogens with one attached hydrogen (secondary N) is 1. The van der Waals surface area contributed by atoms with Gasteiger partial charge in [0.2, 0.25) is 0 Å². The quantitative estimate of drug-likeness (QED) is 0.691. The van der Waals surface area contributed by atoms with E-state index >= 15 is 0 Å². The van der Waals surface area contributed by atoms with Crippen molar-refractivity contribution >= 4 is 40.6 Å². The number of amides is 2. The normalized spacial score (nSPS) is 19.6. The lowest BCUT2D eigenvalue weighted by atomic mass is 9.90. The van der Waals surface area contributed by atoms with E-state index in [1.54, 1.807) is 35.2 Å². The van der Waals surface area contributed by atoms with Gasteiger partial charge in [-0.2, -0.15) is 5.10 Å². The molecule has 2 amide bonds. The largest absolute Gasteiger partial charge is 0.322 e. The standard InChI is InChI=1S/C19H19Cl2N5O/c1-19(11-13-4-5-14(20)15(21)10-13)6-2-8-25(19)18(27)24-16-12-23-26-9-3-7-22-17(16)26/h3-5,7,9-10,12H,2,6,8,11H2,1H3,(H,24,27). The maximum Gasteiger partial charge on any atom is 0.322 e. The molecule has 3 heterocycles. The van der Waals surface area contributed by atoms with Crippen LogP contribution in [0.3, 0.4) is 0 Å². The molecule has 1 N–H and O–H groups in total. The van der Waals surface area contributed by atoms with Crippen molar-refractivity contribution in [2.24, 2.45) is 0 Å². The number of fused-ring (bicyclic) bond motifs is 1. The number of carbonyl (C=O) groups is 1. The molecule has 8 heteroatoms. The van der Waals surface area contributed by atoms with Gasteiger partial charge in [-0.1, -0.05) is 29.3 Å². The molecule has 140 valence electrons. The highest BCUT2D eigenvalue weighted by atomic mass is 35.5. The van der Waals surface area contributed by atoms with E-state index in [-0.39, 0.29) is 11.6 Å². The number of nitrogens with zero attached hydrogens (tertiary/aromatic N) is 4. The molecule has 0 bridgehead atoms. The zero-order valence-electron chi connectivity index (χ0n) is 14.8. The fourth-order valence-electron chi connectivity index (χ4n) is 3.74. The predicted molar refractivity (Wildman–Crippen MR) is 107 cm³/mol. The molecule has 1 fully saturated rings. The van der Waals surface area contributed by atoms with Crippen LogP contribution in [0.1, 0.15) is 25.3 Å². The second kappa shape index (κ2) is 7.02. The lowest BCUT2D eigenvalue weighted by Gasteiger charge is -2.35. The lowest BCUT2D eigenvalue weighted by molar-refractivity contribution is 0.168. The van der Waals surface area contributed by atoms with Gasteiger partial charge in [0, 0.05) is 24.5 Å².